The maximum atomic E-state index is 12.7. The van der Waals surface area contributed by atoms with Crippen LogP contribution in [0.3, 0.4) is 0 Å². The van der Waals surface area contributed by atoms with Crippen LogP contribution in [-0.4, -0.2) is 48.9 Å². The van der Waals surface area contributed by atoms with Crippen LogP contribution < -0.4 is 14.8 Å². The first-order chi connectivity index (χ1) is 11.3. The van der Waals surface area contributed by atoms with Gasteiger partial charge in [0.05, 0.1) is 23.6 Å². The minimum absolute atomic E-state index is 0. The summed E-state index contributed by atoms with van der Waals surface area (Å²) in [7, 11) is -0.517. The molecule has 0 atom stereocenters. The summed E-state index contributed by atoms with van der Waals surface area (Å²) in [4.78, 5) is 0.176. The third-order valence-electron chi connectivity index (χ3n) is 4.49. The molecule has 1 heterocycles. The molecule has 6 nitrogen and oxygen atoms in total. The Balaban J connectivity index is 0.00000312. The van der Waals surface area contributed by atoms with Crippen LogP contribution in [0, 0.1) is 12.3 Å². The Hall–Kier alpha value is -0.570. The summed E-state index contributed by atoms with van der Waals surface area (Å²) in [6.07, 6.45) is 1.73. The molecule has 144 valence electrons. The number of halogens is 2. The summed E-state index contributed by atoms with van der Waals surface area (Å²) in [6, 6.07) is 3.07. The molecule has 0 unspecified atom stereocenters. The number of hydrogen-bond donors (Lipinski definition) is 2. The molecule has 0 amide bonds. The molecule has 0 saturated carbocycles. The Morgan fingerprint density at radius 1 is 1.28 bits per heavy atom. The third kappa shape index (κ3) is 5.45. The molecule has 1 aromatic carbocycles. The zero-order valence-electron chi connectivity index (χ0n) is 14.7. The SMILES string of the molecule is COCC1(CNS(=O)(=O)c2cc(Cl)c(OC)cc2C)CCNCC1.Cl. The van der Waals surface area contributed by atoms with Gasteiger partial charge in [0.25, 0.3) is 0 Å². The molecule has 2 rings (SSSR count). The van der Waals surface area contributed by atoms with E-state index in [1.807, 2.05) is 0 Å². The molecule has 1 fully saturated rings. The zero-order chi connectivity index (χ0) is 17.8. The zero-order valence-corrected chi connectivity index (χ0v) is 17.1. The Labute approximate surface area is 161 Å². The van der Waals surface area contributed by atoms with E-state index in [0.717, 1.165) is 25.9 Å². The molecule has 2 N–H and O–H groups in total. The van der Waals surface area contributed by atoms with Crippen LogP contribution >= 0.6 is 24.0 Å². The number of aryl methyl sites for hydroxylation is 1. The standard InChI is InChI=1S/C16H25ClN2O4S.ClH/c1-12-8-14(23-3)13(17)9-15(12)24(20,21)19-10-16(11-22-2)4-6-18-7-5-16;/h8-9,18-19H,4-7,10-11H2,1-3H3;1H. The first-order valence-corrected chi connectivity index (χ1v) is 9.73. The van der Waals surface area contributed by atoms with E-state index in [2.05, 4.69) is 10.0 Å². The highest BCUT2D eigenvalue weighted by Crippen LogP contribution is 2.32. The molecule has 9 heteroatoms. The fraction of sp³-hybridized carbons (Fsp3) is 0.625. The van der Waals surface area contributed by atoms with Crippen molar-refractivity contribution in [2.24, 2.45) is 5.41 Å². The second-order valence-electron chi connectivity index (χ2n) is 6.26. The molecule has 1 aliphatic rings. The van der Waals surface area contributed by atoms with Crippen molar-refractivity contribution in [2.75, 3.05) is 40.5 Å². The highest BCUT2D eigenvalue weighted by atomic mass is 35.5. The van der Waals surface area contributed by atoms with E-state index in [0.29, 0.717) is 24.5 Å². The first-order valence-electron chi connectivity index (χ1n) is 7.87. The van der Waals surface area contributed by atoms with E-state index >= 15 is 0 Å². The molecule has 0 aliphatic carbocycles. The normalized spacial score (nSPS) is 17.0. The summed E-state index contributed by atoms with van der Waals surface area (Å²) in [5, 5.41) is 3.57. The number of nitrogens with one attached hydrogen (secondary N) is 2. The predicted molar refractivity (Wildman–Crippen MR) is 102 cm³/mol. The molecule has 1 saturated heterocycles. The lowest BCUT2D eigenvalue weighted by molar-refractivity contribution is 0.0577. The van der Waals surface area contributed by atoms with Crippen LogP contribution in [0.2, 0.25) is 5.02 Å². The van der Waals surface area contributed by atoms with Crippen molar-refractivity contribution in [1.82, 2.24) is 10.0 Å². The van der Waals surface area contributed by atoms with Crippen molar-refractivity contribution in [3.05, 3.63) is 22.7 Å². The Bertz CT molecular complexity index is 671. The quantitative estimate of drug-likeness (QED) is 0.718. The van der Waals surface area contributed by atoms with Crippen LogP contribution in [0.25, 0.3) is 0 Å². The van der Waals surface area contributed by atoms with Crippen molar-refractivity contribution >= 4 is 34.0 Å². The Kier molecular flexibility index (Phi) is 8.44. The van der Waals surface area contributed by atoms with Gasteiger partial charge in [-0.3, -0.25) is 0 Å². The largest absolute Gasteiger partial charge is 0.495 e. The summed E-state index contributed by atoms with van der Waals surface area (Å²) in [5.41, 5.74) is 0.409. The summed E-state index contributed by atoms with van der Waals surface area (Å²) in [5.74, 6) is 0.460. The minimum Gasteiger partial charge on any atom is -0.495 e. The fourth-order valence-corrected chi connectivity index (χ4v) is 4.76. The summed E-state index contributed by atoms with van der Waals surface area (Å²) in [6.45, 7) is 4.31. The fourth-order valence-electron chi connectivity index (χ4n) is 3.04. The van der Waals surface area contributed by atoms with Gasteiger partial charge in [0.2, 0.25) is 10.0 Å². The van der Waals surface area contributed by atoms with E-state index in [4.69, 9.17) is 21.1 Å². The van der Waals surface area contributed by atoms with Gasteiger partial charge in [-0.25, -0.2) is 13.1 Å². The molecular weight excluding hydrogens is 387 g/mol. The minimum atomic E-state index is -3.66. The van der Waals surface area contributed by atoms with Crippen LogP contribution in [0.1, 0.15) is 18.4 Å². The van der Waals surface area contributed by atoms with Gasteiger partial charge in [-0.1, -0.05) is 11.6 Å². The predicted octanol–water partition coefficient (Wildman–Crippen LogP) is 2.37. The molecule has 0 aromatic heterocycles. The molecule has 1 aromatic rings. The lowest BCUT2D eigenvalue weighted by Crippen LogP contribution is -2.47. The number of rotatable bonds is 7. The van der Waals surface area contributed by atoms with Crippen molar-refractivity contribution in [3.8, 4) is 5.75 Å². The number of methoxy groups -OCH3 is 2. The molecule has 25 heavy (non-hydrogen) atoms. The summed E-state index contributed by atoms with van der Waals surface area (Å²) < 4.78 is 38.6. The number of sulfonamides is 1. The lowest BCUT2D eigenvalue weighted by atomic mass is 9.80. The smallest absolute Gasteiger partial charge is 0.240 e. The van der Waals surface area contributed by atoms with Gasteiger partial charge in [0.1, 0.15) is 5.75 Å². The van der Waals surface area contributed by atoms with Crippen molar-refractivity contribution < 1.29 is 17.9 Å². The van der Waals surface area contributed by atoms with Gasteiger partial charge in [-0.05, 0) is 50.6 Å². The van der Waals surface area contributed by atoms with Crippen molar-refractivity contribution in [2.45, 2.75) is 24.7 Å². The number of piperidine rings is 1. The number of hydrogen-bond acceptors (Lipinski definition) is 5. The Morgan fingerprint density at radius 3 is 2.48 bits per heavy atom. The van der Waals surface area contributed by atoms with E-state index in [1.165, 1.54) is 13.2 Å². The van der Waals surface area contributed by atoms with Crippen molar-refractivity contribution in [1.29, 1.82) is 0 Å². The van der Waals surface area contributed by atoms with E-state index in [9.17, 15) is 8.42 Å². The van der Waals surface area contributed by atoms with Crippen LogP contribution in [0.15, 0.2) is 17.0 Å². The average Bonchev–Trinajstić information content (AvgIpc) is 2.56. The van der Waals surface area contributed by atoms with E-state index in [1.54, 1.807) is 20.1 Å². The number of benzene rings is 1. The van der Waals surface area contributed by atoms with E-state index in [-0.39, 0.29) is 27.7 Å². The van der Waals surface area contributed by atoms with Gasteiger partial charge in [-0.15, -0.1) is 12.4 Å². The monoisotopic (exact) mass is 412 g/mol. The van der Waals surface area contributed by atoms with Gasteiger partial charge in [0, 0.05) is 19.1 Å². The summed E-state index contributed by atoms with van der Waals surface area (Å²) >= 11 is 6.09. The first kappa shape index (κ1) is 22.5. The van der Waals surface area contributed by atoms with Crippen LogP contribution in [0.4, 0.5) is 0 Å². The van der Waals surface area contributed by atoms with Gasteiger partial charge in [0.15, 0.2) is 0 Å². The van der Waals surface area contributed by atoms with Gasteiger partial charge in [-0.2, -0.15) is 0 Å². The molecular formula is C16H26Cl2N2O4S. The highest BCUT2D eigenvalue weighted by Gasteiger charge is 2.34. The highest BCUT2D eigenvalue weighted by molar-refractivity contribution is 7.89. The molecule has 0 spiro atoms. The van der Waals surface area contributed by atoms with Gasteiger partial charge < -0.3 is 14.8 Å². The van der Waals surface area contributed by atoms with Gasteiger partial charge >= 0.3 is 0 Å². The molecule has 1 aliphatic heterocycles. The van der Waals surface area contributed by atoms with E-state index < -0.39 is 10.0 Å². The molecule has 0 bridgehead atoms. The maximum Gasteiger partial charge on any atom is 0.240 e. The number of ether oxygens (including phenoxy) is 2. The van der Waals surface area contributed by atoms with Crippen molar-refractivity contribution in [3.63, 3.8) is 0 Å². The lowest BCUT2D eigenvalue weighted by Gasteiger charge is -2.37. The van der Waals surface area contributed by atoms with Crippen LogP contribution in [0.5, 0.6) is 5.75 Å². The average molecular weight is 413 g/mol. The Morgan fingerprint density at radius 2 is 1.92 bits per heavy atom. The second-order valence-corrected chi connectivity index (χ2v) is 8.40. The van der Waals surface area contributed by atoms with Crippen LogP contribution in [-0.2, 0) is 14.8 Å². The molecule has 0 radical (unpaired) electrons. The third-order valence-corrected chi connectivity index (χ3v) is 6.33. The topological polar surface area (TPSA) is 76.7 Å². The second kappa shape index (κ2) is 9.39. The maximum absolute atomic E-state index is 12.7.